The van der Waals surface area contributed by atoms with Crippen molar-refractivity contribution in [2.75, 3.05) is 5.32 Å². The van der Waals surface area contributed by atoms with Crippen molar-refractivity contribution in [1.29, 1.82) is 5.26 Å². The summed E-state index contributed by atoms with van der Waals surface area (Å²) < 4.78 is 1.74. The molecule has 0 atom stereocenters. The SMILES string of the molecule is N#Cc1cn(CC(=O)Nc2cccc(Cl)c2Cl)c2ccccc12. The number of aromatic nitrogens is 1. The van der Waals surface area contributed by atoms with Crippen LogP contribution in [0.4, 0.5) is 5.69 Å². The lowest BCUT2D eigenvalue weighted by Crippen LogP contribution is -2.18. The van der Waals surface area contributed by atoms with E-state index in [0.717, 1.165) is 10.9 Å². The number of nitrogens with one attached hydrogen (secondary N) is 1. The van der Waals surface area contributed by atoms with Crippen LogP contribution in [0.2, 0.25) is 10.0 Å². The Morgan fingerprint density at radius 1 is 1.17 bits per heavy atom. The Hall–Kier alpha value is -2.48. The van der Waals surface area contributed by atoms with Gasteiger partial charge in [0.25, 0.3) is 0 Å². The topological polar surface area (TPSA) is 57.8 Å². The van der Waals surface area contributed by atoms with Crippen molar-refractivity contribution < 1.29 is 4.79 Å². The molecule has 4 nitrogen and oxygen atoms in total. The molecule has 0 fully saturated rings. The van der Waals surface area contributed by atoms with Gasteiger partial charge in [-0.05, 0) is 18.2 Å². The Morgan fingerprint density at radius 3 is 2.74 bits per heavy atom. The molecule has 0 saturated carbocycles. The molecule has 0 bridgehead atoms. The second kappa shape index (κ2) is 6.33. The number of hydrogen-bond acceptors (Lipinski definition) is 2. The standard InChI is InChI=1S/C17H11Cl2N3O/c18-13-5-3-6-14(17(13)19)21-16(23)10-22-9-11(8-20)12-4-1-2-7-15(12)22/h1-7,9H,10H2,(H,21,23). The Kier molecular flexibility index (Phi) is 4.24. The van der Waals surface area contributed by atoms with E-state index in [4.69, 9.17) is 23.2 Å². The van der Waals surface area contributed by atoms with E-state index in [-0.39, 0.29) is 12.5 Å². The first kappa shape index (κ1) is 15.4. The highest BCUT2D eigenvalue weighted by Crippen LogP contribution is 2.29. The summed E-state index contributed by atoms with van der Waals surface area (Å²) in [5, 5.41) is 13.4. The van der Waals surface area contributed by atoms with Crippen LogP contribution in [-0.2, 0) is 11.3 Å². The number of nitriles is 1. The highest BCUT2D eigenvalue weighted by atomic mass is 35.5. The number of carbonyl (C=O) groups excluding carboxylic acids is 1. The van der Waals surface area contributed by atoms with Gasteiger partial charge in [0.1, 0.15) is 12.6 Å². The molecule has 1 amide bonds. The van der Waals surface area contributed by atoms with Crippen LogP contribution in [0.25, 0.3) is 10.9 Å². The highest BCUT2D eigenvalue weighted by Gasteiger charge is 2.12. The van der Waals surface area contributed by atoms with E-state index < -0.39 is 0 Å². The third kappa shape index (κ3) is 3.02. The molecule has 0 aliphatic heterocycles. The van der Waals surface area contributed by atoms with E-state index in [2.05, 4.69) is 11.4 Å². The third-order valence-electron chi connectivity index (χ3n) is 3.45. The molecule has 0 aliphatic rings. The van der Waals surface area contributed by atoms with Crippen molar-refractivity contribution in [3.05, 3.63) is 64.3 Å². The number of carbonyl (C=O) groups is 1. The van der Waals surface area contributed by atoms with E-state index in [1.165, 1.54) is 0 Å². The first-order valence-corrected chi connectivity index (χ1v) is 7.57. The Bertz CT molecular complexity index is 941. The van der Waals surface area contributed by atoms with E-state index in [1.807, 2.05) is 24.3 Å². The van der Waals surface area contributed by atoms with Gasteiger partial charge in [0.05, 0.1) is 21.3 Å². The van der Waals surface area contributed by atoms with Gasteiger partial charge in [0, 0.05) is 17.1 Å². The summed E-state index contributed by atoms with van der Waals surface area (Å²) in [6.45, 7) is 0.0744. The molecular formula is C17H11Cl2N3O. The first-order chi connectivity index (χ1) is 11.1. The molecule has 1 N–H and O–H groups in total. The van der Waals surface area contributed by atoms with E-state index >= 15 is 0 Å². The van der Waals surface area contributed by atoms with Crippen molar-refractivity contribution in [2.24, 2.45) is 0 Å². The number of nitrogens with zero attached hydrogens (tertiary/aromatic N) is 2. The Balaban J connectivity index is 1.86. The lowest BCUT2D eigenvalue weighted by molar-refractivity contribution is -0.116. The number of amides is 1. The fourth-order valence-electron chi connectivity index (χ4n) is 2.41. The van der Waals surface area contributed by atoms with Gasteiger partial charge in [-0.2, -0.15) is 5.26 Å². The quantitative estimate of drug-likeness (QED) is 0.763. The molecule has 1 aromatic heterocycles. The Morgan fingerprint density at radius 2 is 1.96 bits per heavy atom. The molecule has 0 radical (unpaired) electrons. The number of rotatable bonds is 3. The second-order valence-corrected chi connectivity index (χ2v) is 5.73. The van der Waals surface area contributed by atoms with Gasteiger partial charge >= 0.3 is 0 Å². The molecule has 0 unspecified atom stereocenters. The molecule has 6 heteroatoms. The number of halogens is 2. The molecule has 1 heterocycles. The van der Waals surface area contributed by atoms with E-state index in [1.54, 1.807) is 29.0 Å². The van der Waals surface area contributed by atoms with E-state index in [0.29, 0.717) is 21.3 Å². The third-order valence-corrected chi connectivity index (χ3v) is 4.27. The summed E-state index contributed by atoms with van der Waals surface area (Å²) in [7, 11) is 0. The van der Waals surface area contributed by atoms with Crippen molar-refractivity contribution in [1.82, 2.24) is 4.57 Å². The largest absolute Gasteiger partial charge is 0.337 e. The molecule has 0 spiro atoms. The minimum absolute atomic E-state index is 0.0744. The highest BCUT2D eigenvalue weighted by molar-refractivity contribution is 6.43. The van der Waals surface area contributed by atoms with E-state index in [9.17, 15) is 10.1 Å². The minimum Gasteiger partial charge on any atom is -0.337 e. The van der Waals surface area contributed by atoms with Gasteiger partial charge in [0.15, 0.2) is 0 Å². The molecule has 3 rings (SSSR count). The van der Waals surface area contributed by atoms with Crippen LogP contribution >= 0.6 is 23.2 Å². The van der Waals surface area contributed by atoms with Crippen LogP contribution in [0.1, 0.15) is 5.56 Å². The van der Waals surface area contributed by atoms with Gasteiger partial charge in [0.2, 0.25) is 5.91 Å². The summed E-state index contributed by atoms with van der Waals surface area (Å²) in [5.74, 6) is -0.251. The number of fused-ring (bicyclic) bond motifs is 1. The second-order valence-electron chi connectivity index (χ2n) is 4.95. The summed E-state index contributed by atoms with van der Waals surface area (Å²) in [4.78, 5) is 12.3. The fraction of sp³-hybridized carbons (Fsp3) is 0.0588. The van der Waals surface area contributed by atoms with Crippen molar-refractivity contribution >= 4 is 45.7 Å². The summed E-state index contributed by atoms with van der Waals surface area (Å²) in [6, 6.07) is 14.6. The molecule has 0 aliphatic carbocycles. The van der Waals surface area contributed by atoms with Gasteiger partial charge in [-0.25, -0.2) is 0 Å². The normalized spacial score (nSPS) is 10.5. The summed E-state index contributed by atoms with van der Waals surface area (Å²) >= 11 is 12.0. The predicted octanol–water partition coefficient (Wildman–Crippen LogP) is 4.46. The molecule has 2 aromatic carbocycles. The maximum atomic E-state index is 12.3. The molecular weight excluding hydrogens is 333 g/mol. The first-order valence-electron chi connectivity index (χ1n) is 6.82. The van der Waals surface area contributed by atoms with Gasteiger partial charge in [-0.3, -0.25) is 4.79 Å². The average molecular weight is 344 g/mol. The number of hydrogen-bond donors (Lipinski definition) is 1. The molecule has 3 aromatic rings. The van der Waals surface area contributed by atoms with Gasteiger partial charge in [-0.15, -0.1) is 0 Å². The van der Waals surface area contributed by atoms with Crippen LogP contribution in [0.3, 0.4) is 0 Å². The molecule has 0 saturated heterocycles. The van der Waals surface area contributed by atoms with Crippen LogP contribution in [0, 0.1) is 11.3 Å². The van der Waals surface area contributed by atoms with Crippen LogP contribution in [-0.4, -0.2) is 10.5 Å². The molecule has 114 valence electrons. The lowest BCUT2D eigenvalue weighted by Gasteiger charge is -2.09. The number of para-hydroxylation sites is 1. The monoisotopic (exact) mass is 343 g/mol. The zero-order valence-electron chi connectivity index (χ0n) is 11.9. The molecule has 23 heavy (non-hydrogen) atoms. The fourth-order valence-corrected chi connectivity index (χ4v) is 2.76. The van der Waals surface area contributed by atoms with Crippen molar-refractivity contribution in [3.63, 3.8) is 0 Å². The number of anilines is 1. The summed E-state index contributed by atoms with van der Waals surface area (Å²) in [5.41, 5.74) is 1.83. The maximum Gasteiger partial charge on any atom is 0.244 e. The Labute approximate surface area is 142 Å². The summed E-state index contributed by atoms with van der Waals surface area (Å²) in [6.07, 6.45) is 1.67. The zero-order chi connectivity index (χ0) is 16.4. The lowest BCUT2D eigenvalue weighted by atomic mass is 10.2. The number of benzene rings is 2. The van der Waals surface area contributed by atoms with Crippen molar-refractivity contribution in [3.8, 4) is 6.07 Å². The van der Waals surface area contributed by atoms with Gasteiger partial charge < -0.3 is 9.88 Å². The smallest absolute Gasteiger partial charge is 0.244 e. The zero-order valence-corrected chi connectivity index (χ0v) is 13.4. The van der Waals surface area contributed by atoms with Crippen LogP contribution in [0.5, 0.6) is 0 Å². The van der Waals surface area contributed by atoms with Gasteiger partial charge in [-0.1, -0.05) is 47.5 Å². The van der Waals surface area contributed by atoms with Crippen LogP contribution < -0.4 is 5.32 Å². The average Bonchev–Trinajstić information content (AvgIpc) is 2.90. The predicted molar refractivity (Wildman–Crippen MR) is 91.7 cm³/mol. The minimum atomic E-state index is -0.251. The van der Waals surface area contributed by atoms with Crippen LogP contribution in [0.15, 0.2) is 48.7 Å². The maximum absolute atomic E-state index is 12.3. The van der Waals surface area contributed by atoms with Crippen molar-refractivity contribution in [2.45, 2.75) is 6.54 Å².